The van der Waals surface area contributed by atoms with E-state index in [0.29, 0.717) is 26.1 Å². The zero-order valence-electron chi connectivity index (χ0n) is 13.2. The molecule has 0 saturated carbocycles. The number of piperazine rings is 1. The summed E-state index contributed by atoms with van der Waals surface area (Å²) >= 11 is 0. The van der Waals surface area contributed by atoms with Crippen LogP contribution in [0.2, 0.25) is 0 Å². The number of carboxylic acid groups (broad SMARTS) is 1. The minimum atomic E-state index is -0.960. The van der Waals surface area contributed by atoms with E-state index in [1.54, 1.807) is 12.0 Å². The van der Waals surface area contributed by atoms with Crippen LogP contribution < -0.4 is 0 Å². The predicted octanol–water partition coefficient (Wildman–Crippen LogP) is 0.305. The predicted molar refractivity (Wildman–Crippen MR) is 77.2 cm³/mol. The van der Waals surface area contributed by atoms with Crippen molar-refractivity contribution in [3.63, 3.8) is 0 Å². The van der Waals surface area contributed by atoms with E-state index in [1.807, 2.05) is 7.05 Å². The Morgan fingerprint density at radius 1 is 1.14 bits per heavy atom. The molecule has 120 valence electrons. The molecule has 7 heteroatoms. The van der Waals surface area contributed by atoms with Crippen LogP contribution in [0.5, 0.6) is 0 Å². The summed E-state index contributed by atoms with van der Waals surface area (Å²) in [6.07, 6.45) is 0.161. The summed E-state index contributed by atoms with van der Waals surface area (Å²) < 4.78 is 5.23. The Balaban J connectivity index is 2.09. The first kappa shape index (κ1) is 16.0. The van der Waals surface area contributed by atoms with Gasteiger partial charge in [-0.15, -0.1) is 0 Å². The normalized spacial score (nSPS) is 34.3. The summed E-state index contributed by atoms with van der Waals surface area (Å²) in [6, 6.07) is -0.440. The van der Waals surface area contributed by atoms with E-state index in [1.165, 1.54) is 4.90 Å². The van der Waals surface area contributed by atoms with Gasteiger partial charge in [0.15, 0.2) is 0 Å². The summed E-state index contributed by atoms with van der Waals surface area (Å²) in [4.78, 5) is 29.5. The molecular formula is C14H25N3O4. The molecule has 2 saturated heterocycles. The van der Waals surface area contributed by atoms with E-state index in [2.05, 4.69) is 18.7 Å². The molecule has 0 aliphatic carbocycles. The lowest BCUT2D eigenvalue weighted by molar-refractivity contribution is -0.141. The number of methoxy groups -OCH3 is 1. The number of nitrogens with zero attached hydrogens (tertiary/aromatic N) is 3. The first-order valence-electron chi connectivity index (χ1n) is 7.38. The molecular weight excluding hydrogens is 274 g/mol. The zero-order chi connectivity index (χ0) is 15.7. The summed E-state index contributed by atoms with van der Waals surface area (Å²) in [5.41, 5.74) is 0. The van der Waals surface area contributed by atoms with E-state index in [4.69, 9.17) is 4.74 Å². The number of hydrogen-bond acceptors (Lipinski definition) is 4. The highest BCUT2D eigenvalue weighted by molar-refractivity contribution is 5.83. The van der Waals surface area contributed by atoms with Crippen molar-refractivity contribution < 1.29 is 19.4 Å². The monoisotopic (exact) mass is 299 g/mol. The van der Waals surface area contributed by atoms with Crippen molar-refractivity contribution in [2.45, 2.75) is 44.5 Å². The van der Waals surface area contributed by atoms with Gasteiger partial charge in [0.05, 0.1) is 6.10 Å². The van der Waals surface area contributed by atoms with E-state index in [-0.39, 0.29) is 24.2 Å². The van der Waals surface area contributed by atoms with E-state index in [0.717, 1.165) is 0 Å². The minimum Gasteiger partial charge on any atom is -0.480 e. The van der Waals surface area contributed by atoms with Gasteiger partial charge < -0.3 is 19.6 Å². The standard InChI is InChI=1S/C14H25N3O4/c1-9-6-16(7-10(2)15(9)3)14(20)17-8-11(21-4)5-12(17)13(18)19/h9-12H,5-8H2,1-4H3,(H,18,19). The van der Waals surface area contributed by atoms with Gasteiger partial charge >= 0.3 is 12.0 Å². The summed E-state index contributed by atoms with van der Waals surface area (Å²) in [5, 5.41) is 9.31. The molecule has 0 aromatic heterocycles. The SMILES string of the molecule is COC1CC(C(=O)O)N(C(=O)N2CC(C)N(C)C(C)C2)C1. The fraction of sp³-hybridized carbons (Fsp3) is 0.857. The maximum absolute atomic E-state index is 12.7. The van der Waals surface area contributed by atoms with Crippen molar-refractivity contribution in [3.05, 3.63) is 0 Å². The van der Waals surface area contributed by atoms with Crippen molar-refractivity contribution in [3.8, 4) is 0 Å². The van der Waals surface area contributed by atoms with Crippen LogP contribution in [0.15, 0.2) is 0 Å². The molecule has 7 nitrogen and oxygen atoms in total. The van der Waals surface area contributed by atoms with Crippen LogP contribution in [-0.4, -0.2) is 89.8 Å². The summed E-state index contributed by atoms with van der Waals surface area (Å²) in [7, 11) is 3.60. The molecule has 4 unspecified atom stereocenters. The van der Waals surface area contributed by atoms with Crippen molar-refractivity contribution in [2.24, 2.45) is 0 Å². The molecule has 2 heterocycles. The van der Waals surface area contributed by atoms with Crippen LogP contribution in [0.25, 0.3) is 0 Å². The number of aliphatic carboxylic acids is 1. The number of carbonyl (C=O) groups is 2. The summed E-state index contributed by atoms with van der Waals surface area (Å²) in [6.45, 7) is 5.75. The number of likely N-dealkylation sites (tertiary alicyclic amines) is 1. The molecule has 0 aromatic carbocycles. The minimum absolute atomic E-state index is 0.186. The van der Waals surface area contributed by atoms with Gasteiger partial charge in [0, 0.05) is 45.2 Å². The van der Waals surface area contributed by atoms with Gasteiger partial charge in [-0.3, -0.25) is 4.90 Å². The van der Waals surface area contributed by atoms with Gasteiger partial charge in [-0.1, -0.05) is 0 Å². The lowest BCUT2D eigenvalue weighted by Crippen LogP contribution is -2.59. The molecule has 21 heavy (non-hydrogen) atoms. The zero-order valence-corrected chi connectivity index (χ0v) is 13.2. The Morgan fingerprint density at radius 2 is 1.71 bits per heavy atom. The van der Waals surface area contributed by atoms with Crippen molar-refractivity contribution in [2.75, 3.05) is 33.8 Å². The van der Waals surface area contributed by atoms with Gasteiger partial charge in [-0.25, -0.2) is 9.59 Å². The molecule has 1 N–H and O–H groups in total. The molecule has 0 bridgehead atoms. The lowest BCUT2D eigenvalue weighted by atomic mass is 10.1. The number of rotatable bonds is 2. The highest BCUT2D eigenvalue weighted by Gasteiger charge is 2.42. The molecule has 2 amide bonds. The number of carboxylic acids is 1. The molecule has 4 atom stereocenters. The largest absolute Gasteiger partial charge is 0.480 e. The second-order valence-electron chi connectivity index (χ2n) is 6.15. The molecule has 2 aliphatic rings. The third-order valence-electron chi connectivity index (χ3n) is 4.76. The third kappa shape index (κ3) is 3.13. The van der Waals surface area contributed by atoms with Crippen LogP contribution in [0.1, 0.15) is 20.3 Å². The van der Waals surface area contributed by atoms with Crippen LogP contribution in [-0.2, 0) is 9.53 Å². The second-order valence-corrected chi connectivity index (χ2v) is 6.15. The molecule has 0 aromatic rings. The van der Waals surface area contributed by atoms with Gasteiger partial charge in [0.25, 0.3) is 0 Å². The van der Waals surface area contributed by atoms with E-state index >= 15 is 0 Å². The first-order valence-corrected chi connectivity index (χ1v) is 7.38. The summed E-state index contributed by atoms with van der Waals surface area (Å²) in [5.74, 6) is -0.960. The number of carbonyl (C=O) groups excluding carboxylic acids is 1. The van der Waals surface area contributed by atoms with Crippen molar-refractivity contribution >= 4 is 12.0 Å². The van der Waals surface area contributed by atoms with E-state index < -0.39 is 12.0 Å². The van der Waals surface area contributed by atoms with Crippen LogP contribution in [0.3, 0.4) is 0 Å². The fourth-order valence-electron chi connectivity index (χ4n) is 3.16. The van der Waals surface area contributed by atoms with Crippen LogP contribution in [0, 0.1) is 0 Å². The third-order valence-corrected chi connectivity index (χ3v) is 4.76. The highest BCUT2D eigenvalue weighted by Crippen LogP contribution is 2.23. The Labute approximate surface area is 125 Å². The molecule has 2 fully saturated rings. The average molecular weight is 299 g/mol. The van der Waals surface area contributed by atoms with Crippen molar-refractivity contribution in [1.29, 1.82) is 0 Å². The van der Waals surface area contributed by atoms with Crippen molar-refractivity contribution in [1.82, 2.24) is 14.7 Å². The number of urea groups is 1. The Bertz CT molecular complexity index is 405. The Morgan fingerprint density at radius 3 is 2.19 bits per heavy atom. The molecule has 2 aliphatic heterocycles. The van der Waals surface area contributed by atoms with Gasteiger partial charge in [0.1, 0.15) is 6.04 Å². The fourth-order valence-corrected chi connectivity index (χ4v) is 3.16. The second kappa shape index (κ2) is 6.19. The maximum atomic E-state index is 12.7. The van der Waals surface area contributed by atoms with Gasteiger partial charge in [-0.2, -0.15) is 0 Å². The Kier molecular flexibility index (Phi) is 4.73. The molecule has 0 radical (unpaired) electrons. The first-order chi connectivity index (χ1) is 9.85. The van der Waals surface area contributed by atoms with Crippen LogP contribution >= 0.6 is 0 Å². The smallest absolute Gasteiger partial charge is 0.326 e. The van der Waals surface area contributed by atoms with Gasteiger partial charge in [0.2, 0.25) is 0 Å². The topological polar surface area (TPSA) is 73.3 Å². The number of ether oxygens (including phenoxy) is 1. The number of amides is 2. The average Bonchev–Trinajstić information content (AvgIpc) is 2.87. The Hall–Kier alpha value is -1.34. The molecule has 2 rings (SSSR count). The van der Waals surface area contributed by atoms with Crippen LogP contribution in [0.4, 0.5) is 4.79 Å². The lowest BCUT2D eigenvalue weighted by Gasteiger charge is -2.43. The van der Waals surface area contributed by atoms with Gasteiger partial charge in [-0.05, 0) is 20.9 Å². The highest BCUT2D eigenvalue weighted by atomic mass is 16.5. The number of hydrogen-bond donors (Lipinski definition) is 1. The molecule has 0 spiro atoms. The number of likely N-dealkylation sites (N-methyl/N-ethyl adjacent to an activating group) is 1. The maximum Gasteiger partial charge on any atom is 0.326 e. The quantitative estimate of drug-likeness (QED) is 0.794. The van der Waals surface area contributed by atoms with E-state index in [9.17, 15) is 14.7 Å².